The summed E-state index contributed by atoms with van der Waals surface area (Å²) in [7, 11) is 0. The number of carbonyl (C=O) groups is 2. The first-order valence-electron chi connectivity index (χ1n) is 22.3. The van der Waals surface area contributed by atoms with Gasteiger partial charge in [0.1, 0.15) is 6.61 Å². The van der Waals surface area contributed by atoms with Gasteiger partial charge in [-0.15, -0.1) is 0 Å². The van der Waals surface area contributed by atoms with E-state index in [1.165, 1.54) is 128 Å². The Morgan fingerprint density at radius 3 is 1.22 bits per heavy atom. The van der Waals surface area contributed by atoms with Gasteiger partial charge >= 0.3 is 11.9 Å². The van der Waals surface area contributed by atoms with E-state index in [-0.39, 0.29) is 25.2 Å². The summed E-state index contributed by atoms with van der Waals surface area (Å²) < 4.78 is 33.3. The Balaban J connectivity index is 4.20. The minimum Gasteiger partial charge on any atom is -0.462 e. The van der Waals surface area contributed by atoms with Crippen molar-refractivity contribution in [1.82, 2.24) is 0 Å². The molecule has 0 fully saturated rings. The Morgan fingerprint density at radius 2 is 0.815 bits per heavy atom. The third-order valence-corrected chi connectivity index (χ3v) is 9.52. The first-order chi connectivity index (χ1) is 26.6. The Bertz CT molecular complexity index is 844. The highest BCUT2D eigenvalue weighted by atomic mass is 16.6. The predicted molar refractivity (Wildman–Crippen MR) is 219 cm³/mol. The Kier molecular flexibility index (Phi) is 43.9. The molecular formula is C43H83N3O8. The summed E-state index contributed by atoms with van der Waals surface area (Å²) in [5.41, 5.74) is 8.24. The van der Waals surface area contributed by atoms with Gasteiger partial charge in [-0.2, -0.15) is 0 Å². The van der Waals surface area contributed by atoms with Gasteiger partial charge in [0.2, 0.25) is 0 Å². The number of ether oxygens (including phenoxy) is 6. The maximum absolute atomic E-state index is 12.7. The summed E-state index contributed by atoms with van der Waals surface area (Å²) in [6.07, 6.45) is 32.7. The highest BCUT2D eigenvalue weighted by Gasteiger charge is 2.17. The van der Waals surface area contributed by atoms with E-state index in [0.29, 0.717) is 65.6 Å². The van der Waals surface area contributed by atoms with E-state index in [9.17, 15) is 9.59 Å². The standard InChI is InChI=1S/C43H83N3O8/c1-3-5-7-9-11-13-15-17-19-21-23-25-27-29-42(47)53-40-41(39-52-38-37-51-36-35-50-34-33-49-32-31-45-46-44)54-43(48)30-28-26-24-22-20-18-16-14-12-10-8-6-4-2/h41H,3-40H2,1-2H3. The van der Waals surface area contributed by atoms with Crippen molar-refractivity contribution >= 4 is 11.9 Å². The van der Waals surface area contributed by atoms with Gasteiger partial charge in [-0.05, 0) is 18.4 Å². The van der Waals surface area contributed by atoms with Crippen LogP contribution in [0.5, 0.6) is 0 Å². The smallest absolute Gasteiger partial charge is 0.306 e. The molecule has 0 saturated carbocycles. The van der Waals surface area contributed by atoms with E-state index < -0.39 is 6.10 Å². The molecule has 0 aliphatic rings. The van der Waals surface area contributed by atoms with Crippen LogP contribution in [0.1, 0.15) is 194 Å². The molecule has 0 aliphatic carbocycles. The molecule has 0 bridgehead atoms. The fourth-order valence-corrected chi connectivity index (χ4v) is 6.22. The highest BCUT2D eigenvalue weighted by Crippen LogP contribution is 2.15. The van der Waals surface area contributed by atoms with E-state index in [1.807, 2.05) is 0 Å². The lowest BCUT2D eigenvalue weighted by Gasteiger charge is -2.18. The fraction of sp³-hybridized carbons (Fsp3) is 0.953. The molecule has 11 nitrogen and oxygen atoms in total. The second kappa shape index (κ2) is 45.5. The minimum atomic E-state index is -0.641. The van der Waals surface area contributed by atoms with E-state index in [1.54, 1.807) is 0 Å². The molecule has 0 aromatic carbocycles. The van der Waals surface area contributed by atoms with Gasteiger partial charge in [0.15, 0.2) is 6.10 Å². The molecule has 1 atom stereocenters. The van der Waals surface area contributed by atoms with Gasteiger partial charge in [0.05, 0.1) is 52.9 Å². The van der Waals surface area contributed by atoms with Crippen molar-refractivity contribution in [2.45, 2.75) is 200 Å². The zero-order chi connectivity index (χ0) is 39.3. The summed E-state index contributed by atoms with van der Waals surface area (Å²) in [6.45, 7) is 7.72. The van der Waals surface area contributed by atoms with Crippen molar-refractivity contribution in [3.8, 4) is 0 Å². The van der Waals surface area contributed by atoms with Crippen molar-refractivity contribution in [1.29, 1.82) is 0 Å². The molecule has 0 aliphatic heterocycles. The van der Waals surface area contributed by atoms with Gasteiger partial charge in [-0.3, -0.25) is 9.59 Å². The number of nitrogens with zero attached hydrogens (tertiary/aromatic N) is 3. The molecule has 318 valence electrons. The summed E-state index contributed by atoms with van der Waals surface area (Å²) in [5.74, 6) is -0.519. The van der Waals surface area contributed by atoms with Crippen LogP contribution in [0.2, 0.25) is 0 Å². The maximum atomic E-state index is 12.7. The quantitative estimate of drug-likeness (QED) is 0.0196. The van der Waals surface area contributed by atoms with Crippen LogP contribution in [-0.4, -0.2) is 84.0 Å². The van der Waals surface area contributed by atoms with Crippen molar-refractivity contribution in [2.24, 2.45) is 5.11 Å². The van der Waals surface area contributed by atoms with E-state index in [0.717, 1.165) is 38.5 Å². The minimum absolute atomic E-state index is 0.00124. The monoisotopic (exact) mass is 770 g/mol. The van der Waals surface area contributed by atoms with E-state index in [4.69, 9.17) is 34.0 Å². The molecule has 11 heteroatoms. The molecule has 54 heavy (non-hydrogen) atoms. The maximum Gasteiger partial charge on any atom is 0.306 e. The zero-order valence-electron chi connectivity index (χ0n) is 35.1. The molecule has 0 radical (unpaired) electrons. The van der Waals surface area contributed by atoms with Crippen LogP contribution in [0.25, 0.3) is 10.4 Å². The third kappa shape index (κ3) is 42.8. The third-order valence-electron chi connectivity index (χ3n) is 9.52. The highest BCUT2D eigenvalue weighted by molar-refractivity contribution is 5.70. The summed E-state index contributed by atoms with van der Waals surface area (Å²) in [6, 6.07) is 0. The van der Waals surface area contributed by atoms with Crippen LogP contribution < -0.4 is 0 Å². The van der Waals surface area contributed by atoms with Gasteiger partial charge in [0.25, 0.3) is 0 Å². The topological polar surface area (TPSA) is 138 Å². The van der Waals surface area contributed by atoms with Crippen molar-refractivity contribution in [3.05, 3.63) is 10.4 Å². The number of azide groups is 1. The molecule has 0 heterocycles. The van der Waals surface area contributed by atoms with Crippen LogP contribution in [0.3, 0.4) is 0 Å². The zero-order valence-corrected chi connectivity index (χ0v) is 35.1. The lowest BCUT2D eigenvalue weighted by Crippen LogP contribution is -2.30. The fourth-order valence-electron chi connectivity index (χ4n) is 6.22. The Hall–Kier alpha value is -1.91. The number of rotatable bonds is 45. The van der Waals surface area contributed by atoms with Crippen LogP contribution >= 0.6 is 0 Å². The number of unbranched alkanes of at least 4 members (excludes halogenated alkanes) is 24. The molecule has 0 aromatic heterocycles. The van der Waals surface area contributed by atoms with Crippen LogP contribution in [-0.2, 0) is 38.0 Å². The van der Waals surface area contributed by atoms with Crippen LogP contribution in [0.4, 0.5) is 0 Å². The molecule has 0 rings (SSSR count). The number of hydrogen-bond acceptors (Lipinski definition) is 9. The Morgan fingerprint density at radius 1 is 0.463 bits per heavy atom. The number of carbonyl (C=O) groups excluding carboxylic acids is 2. The summed E-state index contributed by atoms with van der Waals surface area (Å²) >= 11 is 0. The second-order valence-corrected chi connectivity index (χ2v) is 14.6. The van der Waals surface area contributed by atoms with Crippen molar-refractivity contribution in [3.63, 3.8) is 0 Å². The predicted octanol–water partition coefficient (Wildman–Crippen LogP) is 11.8. The molecule has 0 saturated heterocycles. The van der Waals surface area contributed by atoms with Crippen molar-refractivity contribution < 1.29 is 38.0 Å². The summed E-state index contributed by atoms with van der Waals surface area (Å²) in [4.78, 5) is 27.8. The van der Waals surface area contributed by atoms with E-state index >= 15 is 0 Å². The second-order valence-electron chi connectivity index (χ2n) is 14.6. The molecular weight excluding hydrogens is 686 g/mol. The van der Waals surface area contributed by atoms with Gasteiger partial charge in [-0.1, -0.05) is 173 Å². The lowest BCUT2D eigenvalue weighted by atomic mass is 10.0. The first-order valence-corrected chi connectivity index (χ1v) is 22.3. The van der Waals surface area contributed by atoms with Crippen molar-refractivity contribution in [2.75, 3.05) is 66.0 Å². The number of hydrogen-bond donors (Lipinski definition) is 0. The summed E-state index contributed by atoms with van der Waals surface area (Å²) in [5, 5.41) is 3.40. The SMILES string of the molecule is CCCCCCCCCCCCCCCC(=O)OCC(COCCOCCOCCOCCN=[N+]=[N-])OC(=O)CCCCCCCCCCCCCCC. The van der Waals surface area contributed by atoms with Gasteiger partial charge < -0.3 is 28.4 Å². The molecule has 0 amide bonds. The first kappa shape index (κ1) is 52.1. The van der Waals surface area contributed by atoms with Crippen LogP contribution in [0.15, 0.2) is 5.11 Å². The molecule has 1 unspecified atom stereocenters. The largest absolute Gasteiger partial charge is 0.462 e. The average molecular weight is 770 g/mol. The molecule has 0 N–H and O–H groups in total. The van der Waals surface area contributed by atoms with Gasteiger partial charge in [0, 0.05) is 24.3 Å². The van der Waals surface area contributed by atoms with Crippen LogP contribution in [0, 0.1) is 0 Å². The lowest BCUT2D eigenvalue weighted by molar-refractivity contribution is -0.163. The normalized spacial score (nSPS) is 11.7. The average Bonchev–Trinajstić information content (AvgIpc) is 3.17. The van der Waals surface area contributed by atoms with Gasteiger partial charge in [-0.25, -0.2) is 0 Å². The van der Waals surface area contributed by atoms with E-state index in [2.05, 4.69) is 23.9 Å². The number of esters is 2. The molecule has 0 aromatic rings. The Labute approximate surface area is 330 Å². The molecule has 0 spiro atoms.